The van der Waals surface area contributed by atoms with Crippen molar-refractivity contribution in [3.63, 3.8) is 0 Å². The third-order valence-corrected chi connectivity index (χ3v) is 19.5. The smallest absolute Gasteiger partial charge is 0.297 e. The van der Waals surface area contributed by atoms with Crippen molar-refractivity contribution in [3.05, 3.63) is 97.1 Å². The zero-order valence-corrected chi connectivity index (χ0v) is 48.7. The number of fused-ring (bicyclic) bond motifs is 3. The van der Waals surface area contributed by atoms with E-state index < -0.39 is 199 Å². The highest BCUT2D eigenvalue weighted by atomic mass is 32.2. The van der Waals surface area contributed by atoms with Gasteiger partial charge < -0.3 is 21.1 Å². The molecule has 0 heterocycles. The molecule has 452 valence electrons. The van der Waals surface area contributed by atoms with E-state index >= 15 is 0 Å². The van der Waals surface area contributed by atoms with Gasteiger partial charge >= 0.3 is 0 Å². The van der Waals surface area contributed by atoms with E-state index in [1.165, 1.54) is 0 Å². The number of aromatic hydroxyl groups is 3. The summed E-state index contributed by atoms with van der Waals surface area (Å²) in [4.78, 5) is -8.97. The molecular weight excluding hydrogens is 1310 g/mol. The Bertz CT molecular complexity index is 5420. The number of anilines is 1. The van der Waals surface area contributed by atoms with Gasteiger partial charge in [0.05, 0.1) is 32.2 Å². The van der Waals surface area contributed by atoms with E-state index in [4.69, 9.17) is 5.73 Å². The molecule has 0 unspecified atom stereocenters. The fraction of sp³-hybridized carbons (Fsp3) is 0.0455. The number of azo groups is 4. The monoisotopic (exact) mass is 1340 g/mol. The molecule has 0 saturated heterocycles. The second kappa shape index (κ2) is 21.8. The predicted molar refractivity (Wildman–Crippen MR) is 296 cm³/mol. The maximum atomic E-state index is 13.1. The molecule has 0 amide bonds. The van der Waals surface area contributed by atoms with Gasteiger partial charge in [0.1, 0.15) is 63.5 Å². The molecule has 86 heavy (non-hydrogen) atoms. The van der Waals surface area contributed by atoms with Crippen LogP contribution >= 0.6 is 0 Å². The molecule has 0 bridgehead atoms. The molecule has 0 fully saturated rings. The Kier molecular flexibility index (Phi) is 16.1. The SMILES string of the molecule is CS(=O)(=O)c1ccc(N=Nc2c(S(=O)(=O)O)cc3c(S(=O)(=O)O)c(N=Nc4cc(S(=O)(=O)O)c5cc(S(=O)(=O)O)c(N=Nc6ccc7c(O)c(N=Nc8ccc(S(C)(=O)=O)cc8)c(S(=O)(=O)O)cc7c6S(=O)(=O)O)c(O)c5c4N)ccc3c2O)cc1. The second-order valence-electron chi connectivity index (χ2n) is 17.6. The van der Waals surface area contributed by atoms with Crippen molar-refractivity contribution in [1.82, 2.24) is 0 Å². The lowest BCUT2D eigenvalue weighted by molar-refractivity contribution is 0.471. The lowest BCUT2D eigenvalue weighted by Crippen LogP contribution is -2.05. The Morgan fingerprint density at radius 1 is 0.326 bits per heavy atom. The first kappa shape index (κ1) is 63.5. The predicted octanol–water partition coefficient (Wildman–Crippen LogP) is 7.79. The molecule has 0 aliphatic rings. The molecule has 42 heteroatoms. The number of rotatable bonds is 16. The van der Waals surface area contributed by atoms with E-state index in [1.54, 1.807) is 0 Å². The fourth-order valence-electron chi connectivity index (χ4n) is 8.09. The Balaban J connectivity index is 1.30. The average Bonchev–Trinajstić information content (AvgIpc) is 0.786. The molecule has 0 aliphatic heterocycles. The lowest BCUT2D eigenvalue weighted by atomic mass is 10.0. The van der Waals surface area contributed by atoms with Crippen LogP contribution in [0.5, 0.6) is 17.2 Å². The van der Waals surface area contributed by atoms with Crippen LogP contribution in [0.3, 0.4) is 0 Å². The van der Waals surface area contributed by atoms with E-state index in [0.717, 1.165) is 73.2 Å². The van der Waals surface area contributed by atoms with Gasteiger partial charge in [-0.2, -0.15) is 60.7 Å². The molecule has 0 spiro atoms. The number of nitrogens with two attached hydrogens (primary N) is 1. The number of hydrogen-bond donors (Lipinski definition) is 10. The second-order valence-corrected chi connectivity index (χ2v) is 30.0. The topological polar surface area (TPSA) is 580 Å². The number of hydrogen-bond acceptors (Lipinski definition) is 28. The first-order chi connectivity index (χ1) is 39.4. The summed E-state index contributed by atoms with van der Waals surface area (Å²) in [5.41, 5.74) is -1.74. The number of sulfone groups is 2. The van der Waals surface area contributed by atoms with Crippen LogP contribution in [0.15, 0.2) is 177 Å². The third kappa shape index (κ3) is 12.7. The van der Waals surface area contributed by atoms with Crippen LogP contribution in [0.4, 0.5) is 51.2 Å². The van der Waals surface area contributed by atoms with E-state index in [2.05, 4.69) is 40.9 Å². The number of phenols is 3. The lowest BCUT2D eigenvalue weighted by Gasteiger charge is -2.15. The number of benzene rings is 8. The Hall–Kier alpha value is -8.50. The van der Waals surface area contributed by atoms with E-state index in [1.807, 2.05) is 0 Å². The zero-order valence-electron chi connectivity index (χ0n) is 42.2. The Morgan fingerprint density at radius 3 is 0.977 bits per heavy atom. The highest BCUT2D eigenvalue weighted by Gasteiger charge is 2.33. The quantitative estimate of drug-likeness (QED) is 0.0250. The van der Waals surface area contributed by atoms with Crippen LogP contribution in [0.1, 0.15) is 0 Å². The maximum absolute atomic E-state index is 13.1. The van der Waals surface area contributed by atoms with Crippen molar-refractivity contribution in [1.29, 1.82) is 0 Å². The van der Waals surface area contributed by atoms with Crippen LogP contribution < -0.4 is 5.73 Å². The molecule has 8 aromatic rings. The van der Waals surface area contributed by atoms with Crippen molar-refractivity contribution in [2.24, 2.45) is 40.9 Å². The Labute approximate surface area is 483 Å². The van der Waals surface area contributed by atoms with Gasteiger partial charge in [-0.15, -0.1) is 30.7 Å². The molecule has 8 aromatic carbocycles. The standard InChI is InChI=1S/C44H33N9O25S8/c1-79(57,58)21-7-3-19(4-8-21)46-51-37-32(82(64,65)66)15-25-23(40(37)54)11-13-28(43(25)85(73,74)75)48-50-30-18-31(81(61,62)63)27-17-34(84(70,71)72)39(42(56)35(27)36(30)45)53-49-29-14-12-24-26(44(29)86(76,77)78)16-33(83(67,68)69)38(41(24)55)52-47-20-5-9-22(10-6-20)80(2,59)60/h3-18,54-56H,45H2,1-2H3,(H,61,62,63)(H,64,65,66)(H,67,68,69)(H,70,71,72)(H,73,74,75)(H,76,77,78). The third-order valence-electron chi connectivity index (χ3n) is 11.9. The summed E-state index contributed by atoms with van der Waals surface area (Å²) in [5, 5.41) is 57.9. The molecule has 34 nitrogen and oxygen atoms in total. The summed E-state index contributed by atoms with van der Waals surface area (Å²) in [6.07, 6.45) is 1.79. The number of nitrogens with zero attached hydrogens (tertiary/aromatic N) is 8. The molecule has 0 aliphatic carbocycles. The molecule has 0 saturated carbocycles. The molecular formula is C44H33N9O25S8. The van der Waals surface area contributed by atoms with Gasteiger partial charge in [-0.25, -0.2) is 16.8 Å². The van der Waals surface area contributed by atoms with Crippen LogP contribution in [0.25, 0.3) is 32.3 Å². The van der Waals surface area contributed by atoms with Crippen LogP contribution in [0, 0.1) is 0 Å². The van der Waals surface area contributed by atoms with Crippen LogP contribution in [-0.2, 0) is 80.4 Å². The zero-order chi connectivity index (χ0) is 64.0. The first-order valence-electron chi connectivity index (χ1n) is 22.3. The average molecular weight is 1340 g/mol. The van der Waals surface area contributed by atoms with Crippen molar-refractivity contribution in [2.75, 3.05) is 18.2 Å². The van der Waals surface area contributed by atoms with Crippen LogP contribution in [0.2, 0.25) is 0 Å². The largest absolute Gasteiger partial charge is 0.505 e. The van der Waals surface area contributed by atoms with Gasteiger partial charge in [0, 0.05) is 39.4 Å². The fourth-order valence-corrected chi connectivity index (χ4v) is 13.6. The summed E-state index contributed by atoms with van der Waals surface area (Å²) < 4.78 is 264. The van der Waals surface area contributed by atoms with Gasteiger partial charge in [0.25, 0.3) is 60.7 Å². The van der Waals surface area contributed by atoms with Crippen molar-refractivity contribution < 1.29 is 110 Å². The summed E-state index contributed by atoms with van der Waals surface area (Å²) in [6, 6.07) is 13.0. The molecule has 0 atom stereocenters. The molecule has 8 rings (SSSR count). The van der Waals surface area contributed by atoms with Crippen molar-refractivity contribution in [2.45, 2.75) is 39.2 Å². The van der Waals surface area contributed by atoms with Gasteiger partial charge in [0.15, 0.2) is 36.9 Å². The van der Waals surface area contributed by atoms with Crippen molar-refractivity contribution in [3.8, 4) is 17.2 Å². The van der Waals surface area contributed by atoms with E-state index in [9.17, 15) is 110 Å². The Morgan fingerprint density at radius 2 is 0.640 bits per heavy atom. The minimum absolute atomic E-state index is 0.136. The van der Waals surface area contributed by atoms with Gasteiger partial charge in [-0.05, 0) is 97.1 Å². The van der Waals surface area contributed by atoms with E-state index in [0.29, 0.717) is 30.3 Å². The van der Waals surface area contributed by atoms with Gasteiger partial charge in [0.2, 0.25) is 0 Å². The molecule has 0 aromatic heterocycles. The summed E-state index contributed by atoms with van der Waals surface area (Å²) in [6.45, 7) is 0. The normalized spacial score (nSPS) is 13.6. The first-order valence-corrected chi connectivity index (χ1v) is 34.7. The minimum atomic E-state index is -5.80. The molecule has 0 radical (unpaired) electrons. The highest BCUT2D eigenvalue weighted by Crippen LogP contribution is 2.51. The van der Waals surface area contributed by atoms with Gasteiger partial charge in [-0.3, -0.25) is 27.3 Å². The summed E-state index contributed by atoms with van der Waals surface area (Å²) in [7, 11) is -41.5. The van der Waals surface area contributed by atoms with Crippen LogP contribution in [-0.4, -0.2) is 122 Å². The maximum Gasteiger partial charge on any atom is 0.297 e. The summed E-state index contributed by atoms with van der Waals surface area (Å²) in [5.74, 6) is -4.08. The van der Waals surface area contributed by atoms with Crippen molar-refractivity contribution >= 4 is 164 Å². The van der Waals surface area contributed by atoms with E-state index in [-0.39, 0.29) is 27.2 Å². The number of nitrogen functional groups attached to an aromatic ring is 1. The highest BCUT2D eigenvalue weighted by molar-refractivity contribution is 7.91. The summed E-state index contributed by atoms with van der Waals surface area (Å²) >= 11 is 0. The molecule has 11 N–H and O–H groups in total. The minimum Gasteiger partial charge on any atom is -0.505 e. The number of phenolic OH excluding ortho intramolecular Hbond substituents is 3. The van der Waals surface area contributed by atoms with Gasteiger partial charge in [-0.1, -0.05) is 0 Å².